The number of H-pyrrole nitrogens is 1. The number of imidazole rings is 1. The van der Waals surface area contributed by atoms with Gasteiger partial charge in [0.25, 0.3) is 0 Å². The number of benzene rings is 2. The van der Waals surface area contributed by atoms with Gasteiger partial charge in [0.15, 0.2) is 16.4 Å². The van der Waals surface area contributed by atoms with Gasteiger partial charge in [-0.05, 0) is 54.5 Å². The lowest BCUT2D eigenvalue weighted by Crippen LogP contribution is -2.00. The number of nitrogens with zero attached hydrogens (tertiary/aromatic N) is 1. The van der Waals surface area contributed by atoms with E-state index in [1.807, 2.05) is 29.7 Å². The topological polar surface area (TPSA) is 20.7 Å². The summed E-state index contributed by atoms with van der Waals surface area (Å²) in [5, 5.41) is 0. The normalized spacial score (nSPS) is 11.2. The molecule has 2 nitrogen and oxygen atoms in total. The van der Waals surface area contributed by atoms with Gasteiger partial charge in [0, 0.05) is 0 Å². The first-order chi connectivity index (χ1) is 9.54. The monoisotopic (exact) mass is 290 g/mol. The Morgan fingerprint density at radius 2 is 1.90 bits per heavy atom. The highest BCUT2D eigenvalue weighted by Gasteiger charge is 2.07. The van der Waals surface area contributed by atoms with Crippen LogP contribution in [0.5, 0.6) is 0 Å². The average molecular weight is 290 g/mol. The lowest BCUT2D eigenvalue weighted by atomic mass is 10.2. The van der Waals surface area contributed by atoms with Crippen molar-refractivity contribution < 1.29 is 8.78 Å². The molecule has 0 unspecified atom stereocenters. The number of aryl methyl sites for hydroxylation is 1. The first-order valence-corrected chi connectivity index (χ1v) is 6.58. The zero-order chi connectivity index (χ0) is 14.3. The zero-order valence-corrected chi connectivity index (χ0v) is 11.6. The van der Waals surface area contributed by atoms with Gasteiger partial charge in [0.05, 0.1) is 17.6 Å². The molecule has 1 aromatic heterocycles. The van der Waals surface area contributed by atoms with Gasteiger partial charge in [-0.15, -0.1) is 0 Å². The van der Waals surface area contributed by atoms with Gasteiger partial charge in [-0.2, -0.15) is 0 Å². The molecule has 3 rings (SSSR count). The van der Waals surface area contributed by atoms with Crippen molar-refractivity contribution in [1.82, 2.24) is 9.55 Å². The maximum atomic E-state index is 13.3. The van der Waals surface area contributed by atoms with Crippen molar-refractivity contribution in [1.29, 1.82) is 0 Å². The highest BCUT2D eigenvalue weighted by molar-refractivity contribution is 7.71. The van der Waals surface area contributed by atoms with Gasteiger partial charge in [-0.3, -0.25) is 0 Å². The lowest BCUT2D eigenvalue weighted by Gasteiger charge is -2.05. The van der Waals surface area contributed by atoms with Crippen LogP contribution in [0, 0.1) is 23.3 Å². The summed E-state index contributed by atoms with van der Waals surface area (Å²) in [6.45, 7) is 2.40. The molecule has 0 spiro atoms. The summed E-state index contributed by atoms with van der Waals surface area (Å²) in [5.74, 6) is -1.68. The fourth-order valence-corrected chi connectivity index (χ4v) is 2.53. The van der Waals surface area contributed by atoms with Crippen molar-refractivity contribution in [2.24, 2.45) is 0 Å². The zero-order valence-electron chi connectivity index (χ0n) is 10.8. The summed E-state index contributed by atoms with van der Waals surface area (Å²) in [6.07, 6.45) is 0. The molecule has 20 heavy (non-hydrogen) atoms. The third-order valence-electron chi connectivity index (χ3n) is 3.25. The molecular formula is C15H12F2N2S. The van der Waals surface area contributed by atoms with Gasteiger partial charge in [0.1, 0.15) is 0 Å². The number of rotatable bonds is 2. The van der Waals surface area contributed by atoms with E-state index in [0.717, 1.165) is 22.7 Å². The minimum Gasteiger partial charge on any atom is -0.331 e. The molecule has 1 heterocycles. The highest BCUT2D eigenvalue weighted by atomic mass is 32.1. The van der Waals surface area contributed by atoms with Gasteiger partial charge in [0.2, 0.25) is 0 Å². The molecule has 0 amide bonds. The van der Waals surface area contributed by atoms with Crippen molar-refractivity contribution in [3.8, 4) is 0 Å². The van der Waals surface area contributed by atoms with E-state index in [2.05, 4.69) is 4.98 Å². The Balaban J connectivity index is 2.08. The molecule has 0 bridgehead atoms. The molecule has 0 saturated heterocycles. The first kappa shape index (κ1) is 13.0. The summed E-state index contributed by atoms with van der Waals surface area (Å²) in [4.78, 5) is 3.12. The van der Waals surface area contributed by atoms with Crippen molar-refractivity contribution in [3.63, 3.8) is 0 Å². The van der Waals surface area contributed by atoms with E-state index in [-0.39, 0.29) is 0 Å². The molecule has 0 radical (unpaired) electrons. The maximum Gasteiger partial charge on any atom is 0.178 e. The second kappa shape index (κ2) is 4.83. The largest absolute Gasteiger partial charge is 0.331 e. The molecule has 3 aromatic rings. The predicted octanol–water partition coefficient (Wildman–Crippen LogP) is 4.33. The summed E-state index contributed by atoms with van der Waals surface area (Å²) < 4.78 is 28.6. The van der Waals surface area contributed by atoms with Crippen LogP contribution in [0.15, 0.2) is 36.4 Å². The molecule has 0 atom stereocenters. The van der Waals surface area contributed by atoms with E-state index in [1.54, 1.807) is 6.07 Å². The predicted molar refractivity (Wildman–Crippen MR) is 77.3 cm³/mol. The van der Waals surface area contributed by atoms with Gasteiger partial charge in [-0.25, -0.2) is 8.78 Å². The summed E-state index contributed by atoms with van der Waals surface area (Å²) in [6, 6.07) is 9.86. The molecule has 0 aliphatic rings. The fraction of sp³-hybridized carbons (Fsp3) is 0.133. The smallest absolute Gasteiger partial charge is 0.178 e. The van der Waals surface area contributed by atoms with Gasteiger partial charge < -0.3 is 9.55 Å². The van der Waals surface area contributed by atoms with Crippen molar-refractivity contribution >= 4 is 23.3 Å². The van der Waals surface area contributed by atoms with Crippen LogP contribution < -0.4 is 0 Å². The van der Waals surface area contributed by atoms with Crippen molar-refractivity contribution in [2.75, 3.05) is 0 Å². The third kappa shape index (κ3) is 2.25. The molecule has 0 aliphatic carbocycles. The number of halogens is 2. The maximum absolute atomic E-state index is 13.3. The first-order valence-electron chi connectivity index (χ1n) is 6.18. The Bertz CT molecular complexity index is 849. The van der Waals surface area contributed by atoms with Gasteiger partial charge >= 0.3 is 0 Å². The third-order valence-corrected chi connectivity index (χ3v) is 3.58. The molecule has 1 N–H and O–H groups in total. The fourth-order valence-electron chi connectivity index (χ4n) is 2.25. The molecule has 2 aromatic carbocycles. The quantitative estimate of drug-likeness (QED) is 0.697. The molecule has 5 heteroatoms. The Labute approximate surface area is 119 Å². The molecule has 0 fully saturated rings. The van der Waals surface area contributed by atoms with Crippen molar-refractivity contribution in [3.05, 3.63) is 63.9 Å². The molecule has 0 aliphatic heterocycles. The molecule has 0 saturated carbocycles. The number of fused-ring (bicyclic) bond motifs is 1. The summed E-state index contributed by atoms with van der Waals surface area (Å²) in [5.41, 5.74) is 3.69. The van der Waals surface area contributed by atoms with E-state index in [9.17, 15) is 8.78 Å². The van der Waals surface area contributed by atoms with Crippen LogP contribution in [0.3, 0.4) is 0 Å². The lowest BCUT2D eigenvalue weighted by molar-refractivity contribution is 0.506. The number of aromatic nitrogens is 2. The average Bonchev–Trinajstić information content (AvgIpc) is 2.69. The van der Waals surface area contributed by atoms with Crippen LogP contribution >= 0.6 is 12.2 Å². The Morgan fingerprint density at radius 3 is 2.65 bits per heavy atom. The van der Waals surface area contributed by atoms with Crippen LogP contribution in [-0.2, 0) is 6.54 Å². The van der Waals surface area contributed by atoms with Crippen LogP contribution in [0.4, 0.5) is 8.78 Å². The van der Waals surface area contributed by atoms with E-state index in [0.29, 0.717) is 16.9 Å². The summed E-state index contributed by atoms with van der Waals surface area (Å²) >= 11 is 5.29. The number of hydrogen-bond acceptors (Lipinski definition) is 1. The Kier molecular flexibility index (Phi) is 3.14. The van der Waals surface area contributed by atoms with Crippen LogP contribution in [-0.4, -0.2) is 9.55 Å². The van der Waals surface area contributed by atoms with Gasteiger partial charge in [-0.1, -0.05) is 12.1 Å². The second-order valence-electron chi connectivity index (χ2n) is 4.79. The minimum absolute atomic E-state index is 0.402. The van der Waals surface area contributed by atoms with E-state index >= 15 is 0 Å². The second-order valence-corrected chi connectivity index (χ2v) is 5.17. The highest BCUT2D eigenvalue weighted by Crippen LogP contribution is 2.18. The molecular weight excluding hydrogens is 278 g/mol. The van der Waals surface area contributed by atoms with Crippen LogP contribution in [0.1, 0.15) is 11.1 Å². The molecule has 102 valence electrons. The number of aromatic amines is 1. The number of nitrogens with one attached hydrogen (secondary N) is 1. The Hall–Kier alpha value is -2.01. The minimum atomic E-state index is -0.843. The standard InChI is InChI=1S/C15H12F2N2S/c1-9-2-5-14-13(6-9)18-15(20)19(14)8-10-3-4-11(16)12(17)7-10/h2-7H,8H2,1H3,(H,18,20). The summed E-state index contributed by atoms with van der Waals surface area (Å²) in [7, 11) is 0. The van der Waals surface area contributed by atoms with Crippen LogP contribution in [0.2, 0.25) is 0 Å². The van der Waals surface area contributed by atoms with E-state index < -0.39 is 11.6 Å². The van der Waals surface area contributed by atoms with Crippen LogP contribution in [0.25, 0.3) is 11.0 Å². The SMILES string of the molecule is Cc1ccc2c(c1)[nH]c(=S)n2Cc1ccc(F)c(F)c1. The van der Waals surface area contributed by atoms with E-state index in [1.165, 1.54) is 6.07 Å². The number of hydrogen-bond donors (Lipinski definition) is 1. The Morgan fingerprint density at radius 1 is 1.10 bits per heavy atom. The van der Waals surface area contributed by atoms with E-state index in [4.69, 9.17) is 12.2 Å². The van der Waals surface area contributed by atoms with Crippen molar-refractivity contribution in [2.45, 2.75) is 13.5 Å².